The van der Waals surface area contributed by atoms with E-state index in [1.807, 2.05) is 6.92 Å². The van der Waals surface area contributed by atoms with Crippen molar-refractivity contribution in [2.45, 2.75) is 29.9 Å². The van der Waals surface area contributed by atoms with E-state index in [0.29, 0.717) is 13.0 Å². The highest BCUT2D eigenvalue weighted by Gasteiger charge is 2.15. The molecular formula is C9H14N2O3S2. The number of esters is 1. The summed E-state index contributed by atoms with van der Waals surface area (Å²) in [5.74, 6) is -0.429. The number of hydrogen-bond acceptors (Lipinski definition) is 7. The molecule has 1 heterocycles. The maximum absolute atomic E-state index is 11.3. The Labute approximate surface area is 102 Å². The molecule has 1 aromatic heterocycles. The van der Waals surface area contributed by atoms with Crippen molar-refractivity contribution in [3.63, 3.8) is 0 Å². The summed E-state index contributed by atoms with van der Waals surface area (Å²) in [5, 5.41) is 16.9. The molecule has 0 bridgehead atoms. The first-order valence-electron chi connectivity index (χ1n) is 4.95. The van der Waals surface area contributed by atoms with Crippen molar-refractivity contribution in [2.24, 2.45) is 0 Å². The van der Waals surface area contributed by atoms with Gasteiger partial charge in [0.25, 0.3) is 0 Å². The third-order valence-electron chi connectivity index (χ3n) is 1.69. The van der Waals surface area contributed by atoms with E-state index in [9.17, 15) is 4.79 Å². The highest BCUT2D eigenvalue weighted by atomic mass is 32.2. The van der Waals surface area contributed by atoms with Crippen LogP contribution in [0.2, 0.25) is 0 Å². The molecule has 0 aliphatic carbocycles. The average molecular weight is 262 g/mol. The van der Waals surface area contributed by atoms with E-state index in [2.05, 4.69) is 10.2 Å². The summed E-state index contributed by atoms with van der Waals surface area (Å²) in [6, 6.07) is 0. The fourth-order valence-corrected chi connectivity index (χ4v) is 2.99. The first-order chi connectivity index (χ1) is 7.67. The van der Waals surface area contributed by atoms with Gasteiger partial charge in [0, 0.05) is 11.9 Å². The van der Waals surface area contributed by atoms with Crippen LogP contribution in [0.5, 0.6) is 0 Å². The molecular weight excluding hydrogens is 248 g/mol. The molecule has 0 aliphatic heterocycles. The number of aliphatic hydroxyl groups is 1. The van der Waals surface area contributed by atoms with E-state index < -0.39 is 5.97 Å². The predicted molar refractivity (Wildman–Crippen MR) is 62.9 cm³/mol. The standard InChI is InChI=1S/C9H14N2O3S2/c1-3-14-8(13)7-10-11-9(16-7)15-6(2)4-5-12/h6,12H,3-5H2,1-2H3. The van der Waals surface area contributed by atoms with Crippen LogP contribution in [-0.2, 0) is 4.74 Å². The Morgan fingerprint density at radius 2 is 2.38 bits per heavy atom. The van der Waals surface area contributed by atoms with E-state index >= 15 is 0 Å². The van der Waals surface area contributed by atoms with Crippen molar-refractivity contribution < 1.29 is 14.6 Å². The third-order valence-corrected chi connectivity index (χ3v) is 3.85. The van der Waals surface area contributed by atoms with Gasteiger partial charge in [0.15, 0.2) is 4.34 Å². The van der Waals surface area contributed by atoms with E-state index in [0.717, 1.165) is 4.34 Å². The lowest BCUT2D eigenvalue weighted by atomic mass is 10.4. The predicted octanol–water partition coefficient (Wildman–Crippen LogP) is 1.58. The zero-order valence-electron chi connectivity index (χ0n) is 9.17. The summed E-state index contributed by atoms with van der Waals surface area (Å²) in [5.41, 5.74) is 0. The van der Waals surface area contributed by atoms with Crippen LogP contribution in [0.25, 0.3) is 0 Å². The largest absolute Gasteiger partial charge is 0.461 e. The number of carbonyl (C=O) groups excluding carboxylic acids is 1. The Kier molecular flexibility index (Phi) is 5.72. The molecule has 0 fully saturated rings. The fourth-order valence-electron chi connectivity index (χ4n) is 0.946. The van der Waals surface area contributed by atoms with Crippen LogP contribution in [0.15, 0.2) is 4.34 Å². The van der Waals surface area contributed by atoms with E-state index in [1.165, 1.54) is 23.1 Å². The highest BCUT2D eigenvalue weighted by Crippen LogP contribution is 2.28. The molecule has 5 nitrogen and oxygen atoms in total. The molecule has 0 aliphatic rings. The van der Waals surface area contributed by atoms with Gasteiger partial charge in [0.2, 0.25) is 5.01 Å². The summed E-state index contributed by atoms with van der Waals surface area (Å²) in [7, 11) is 0. The zero-order chi connectivity index (χ0) is 12.0. The molecule has 0 saturated heterocycles. The first kappa shape index (κ1) is 13.4. The lowest BCUT2D eigenvalue weighted by Gasteiger charge is -2.04. The fraction of sp³-hybridized carbons (Fsp3) is 0.667. The molecule has 16 heavy (non-hydrogen) atoms. The maximum Gasteiger partial charge on any atom is 0.369 e. The average Bonchev–Trinajstić information content (AvgIpc) is 2.67. The third kappa shape index (κ3) is 4.07. The van der Waals surface area contributed by atoms with Gasteiger partial charge in [0.05, 0.1) is 6.61 Å². The van der Waals surface area contributed by atoms with Gasteiger partial charge in [-0.2, -0.15) is 0 Å². The Balaban J connectivity index is 2.54. The smallest absolute Gasteiger partial charge is 0.369 e. The van der Waals surface area contributed by atoms with Gasteiger partial charge < -0.3 is 9.84 Å². The van der Waals surface area contributed by atoms with Crippen LogP contribution in [0, 0.1) is 0 Å². The lowest BCUT2D eigenvalue weighted by molar-refractivity contribution is 0.0525. The molecule has 7 heteroatoms. The monoisotopic (exact) mass is 262 g/mol. The van der Waals surface area contributed by atoms with E-state index in [-0.39, 0.29) is 16.9 Å². The lowest BCUT2D eigenvalue weighted by Crippen LogP contribution is -2.03. The van der Waals surface area contributed by atoms with Crippen LogP contribution in [0.4, 0.5) is 0 Å². The van der Waals surface area contributed by atoms with Crippen LogP contribution in [-0.4, -0.2) is 39.7 Å². The van der Waals surface area contributed by atoms with Gasteiger partial charge in [0.1, 0.15) is 0 Å². The highest BCUT2D eigenvalue weighted by molar-refractivity contribution is 8.01. The molecule has 1 N–H and O–H groups in total. The molecule has 0 spiro atoms. The minimum absolute atomic E-state index is 0.150. The Morgan fingerprint density at radius 3 is 3.00 bits per heavy atom. The summed E-state index contributed by atoms with van der Waals surface area (Å²) < 4.78 is 5.54. The van der Waals surface area contributed by atoms with E-state index in [4.69, 9.17) is 9.84 Å². The van der Waals surface area contributed by atoms with Crippen molar-refractivity contribution in [2.75, 3.05) is 13.2 Å². The van der Waals surface area contributed by atoms with Crippen molar-refractivity contribution in [1.82, 2.24) is 10.2 Å². The summed E-state index contributed by atoms with van der Waals surface area (Å²) in [4.78, 5) is 11.3. The SMILES string of the molecule is CCOC(=O)c1nnc(SC(C)CCO)s1. The van der Waals surface area contributed by atoms with Crippen LogP contribution < -0.4 is 0 Å². The second-order valence-electron chi connectivity index (χ2n) is 3.03. The van der Waals surface area contributed by atoms with Gasteiger partial charge in [-0.05, 0) is 13.3 Å². The topological polar surface area (TPSA) is 72.3 Å². The van der Waals surface area contributed by atoms with Crippen LogP contribution in [0.1, 0.15) is 30.1 Å². The van der Waals surface area contributed by atoms with Gasteiger partial charge >= 0.3 is 5.97 Å². The Morgan fingerprint density at radius 1 is 1.62 bits per heavy atom. The Bertz CT molecular complexity index is 343. The van der Waals surface area contributed by atoms with Gasteiger partial charge in [-0.1, -0.05) is 30.0 Å². The normalized spacial score (nSPS) is 12.4. The second-order valence-corrected chi connectivity index (χ2v) is 5.70. The molecule has 0 saturated carbocycles. The number of aliphatic hydroxyl groups excluding tert-OH is 1. The zero-order valence-corrected chi connectivity index (χ0v) is 10.8. The number of thioether (sulfide) groups is 1. The van der Waals surface area contributed by atoms with E-state index in [1.54, 1.807) is 6.92 Å². The molecule has 1 atom stereocenters. The van der Waals surface area contributed by atoms with Crippen molar-refractivity contribution in [1.29, 1.82) is 0 Å². The number of ether oxygens (including phenoxy) is 1. The molecule has 0 aromatic carbocycles. The summed E-state index contributed by atoms with van der Waals surface area (Å²) in [6.07, 6.45) is 0.693. The van der Waals surface area contributed by atoms with Crippen LogP contribution in [0.3, 0.4) is 0 Å². The number of carbonyl (C=O) groups is 1. The van der Waals surface area contributed by atoms with Gasteiger partial charge in [-0.15, -0.1) is 10.2 Å². The number of hydrogen-bond donors (Lipinski definition) is 1. The Hall–Kier alpha value is -0.660. The summed E-state index contributed by atoms with van der Waals surface area (Å²) in [6.45, 7) is 4.23. The van der Waals surface area contributed by atoms with Crippen molar-refractivity contribution in [3.05, 3.63) is 5.01 Å². The molecule has 1 unspecified atom stereocenters. The molecule has 0 radical (unpaired) electrons. The van der Waals surface area contributed by atoms with Gasteiger partial charge in [-0.25, -0.2) is 4.79 Å². The number of rotatable bonds is 6. The maximum atomic E-state index is 11.3. The number of aromatic nitrogens is 2. The second kappa shape index (κ2) is 6.82. The minimum Gasteiger partial charge on any atom is -0.461 e. The minimum atomic E-state index is -0.429. The van der Waals surface area contributed by atoms with Crippen molar-refractivity contribution in [3.8, 4) is 0 Å². The molecule has 1 aromatic rings. The molecule has 0 amide bonds. The first-order valence-corrected chi connectivity index (χ1v) is 6.65. The molecule has 90 valence electrons. The molecule has 1 rings (SSSR count). The quantitative estimate of drug-likeness (QED) is 0.620. The summed E-state index contributed by atoms with van der Waals surface area (Å²) >= 11 is 2.72. The number of nitrogens with zero attached hydrogens (tertiary/aromatic N) is 2. The van der Waals surface area contributed by atoms with Gasteiger partial charge in [-0.3, -0.25) is 0 Å². The van der Waals surface area contributed by atoms with Crippen LogP contribution >= 0.6 is 23.1 Å². The van der Waals surface area contributed by atoms with Crippen molar-refractivity contribution >= 4 is 29.1 Å².